The summed E-state index contributed by atoms with van der Waals surface area (Å²) in [6.07, 6.45) is 1.31. The van der Waals surface area contributed by atoms with Gasteiger partial charge in [0.25, 0.3) is 0 Å². The number of ether oxygens (including phenoxy) is 2. The molecule has 134 valence electrons. The topological polar surface area (TPSA) is 59.6 Å². The number of amides is 1. The molecule has 2 N–H and O–H groups in total. The lowest BCUT2D eigenvalue weighted by Gasteiger charge is -2.15. The fraction of sp³-hybridized carbons (Fsp3) is 0.350. The highest BCUT2D eigenvalue weighted by Gasteiger charge is 2.10. The SMILES string of the molecule is CCc1cccc(C)c1NCCC(=O)Nc1cc(OC)ccc1OC. The minimum atomic E-state index is -0.0781. The molecule has 0 spiro atoms. The third-order valence-corrected chi connectivity index (χ3v) is 4.07. The summed E-state index contributed by atoms with van der Waals surface area (Å²) in [6.45, 7) is 4.76. The number of hydrogen-bond donors (Lipinski definition) is 2. The third kappa shape index (κ3) is 4.89. The minimum Gasteiger partial charge on any atom is -0.497 e. The summed E-state index contributed by atoms with van der Waals surface area (Å²) in [4.78, 5) is 12.3. The smallest absolute Gasteiger partial charge is 0.226 e. The van der Waals surface area contributed by atoms with Gasteiger partial charge in [0, 0.05) is 24.7 Å². The van der Waals surface area contributed by atoms with E-state index in [9.17, 15) is 4.79 Å². The molecule has 0 unspecified atom stereocenters. The van der Waals surface area contributed by atoms with Crippen LogP contribution < -0.4 is 20.1 Å². The second kappa shape index (κ2) is 8.97. The number of aryl methyl sites for hydroxylation is 2. The van der Waals surface area contributed by atoms with Gasteiger partial charge in [-0.25, -0.2) is 0 Å². The summed E-state index contributed by atoms with van der Waals surface area (Å²) in [5, 5.41) is 6.27. The molecule has 2 aromatic carbocycles. The lowest BCUT2D eigenvalue weighted by molar-refractivity contribution is -0.116. The van der Waals surface area contributed by atoms with E-state index < -0.39 is 0 Å². The first-order valence-corrected chi connectivity index (χ1v) is 8.43. The van der Waals surface area contributed by atoms with Crippen molar-refractivity contribution in [2.24, 2.45) is 0 Å². The molecule has 5 heteroatoms. The number of benzene rings is 2. The van der Waals surface area contributed by atoms with Gasteiger partial charge < -0.3 is 20.1 Å². The highest BCUT2D eigenvalue weighted by molar-refractivity contribution is 5.92. The summed E-state index contributed by atoms with van der Waals surface area (Å²) in [5.41, 5.74) is 4.18. The third-order valence-electron chi connectivity index (χ3n) is 4.07. The summed E-state index contributed by atoms with van der Waals surface area (Å²) in [5.74, 6) is 1.20. The second-order valence-corrected chi connectivity index (χ2v) is 5.75. The first-order valence-electron chi connectivity index (χ1n) is 8.43. The number of carbonyl (C=O) groups excluding carboxylic acids is 1. The van der Waals surface area contributed by atoms with Crippen molar-refractivity contribution in [2.45, 2.75) is 26.7 Å². The molecule has 5 nitrogen and oxygen atoms in total. The Labute approximate surface area is 149 Å². The summed E-state index contributed by atoms with van der Waals surface area (Å²) >= 11 is 0. The van der Waals surface area contributed by atoms with Crippen LogP contribution in [0.4, 0.5) is 11.4 Å². The van der Waals surface area contributed by atoms with Crippen molar-refractivity contribution >= 4 is 17.3 Å². The van der Waals surface area contributed by atoms with Crippen molar-refractivity contribution in [3.8, 4) is 11.5 Å². The number of carbonyl (C=O) groups is 1. The first-order chi connectivity index (χ1) is 12.1. The van der Waals surface area contributed by atoms with Gasteiger partial charge in [-0.05, 0) is 36.6 Å². The van der Waals surface area contributed by atoms with Crippen LogP contribution in [0.15, 0.2) is 36.4 Å². The standard InChI is InChI=1S/C20H26N2O3/c1-5-15-8-6-7-14(2)20(15)21-12-11-19(23)22-17-13-16(24-3)9-10-18(17)25-4/h6-10,13,21H,5,11-12H2,1-4H3,(H,22,23). The molecule has 1 amide bonds. The fourth-order valence-electron chi connectivity index (χ4n) is 2.70. The van der Waals surface area contributed by atoms with Crippen LogP contribution in [0.3, 0.4) is 0 Å². The van der Waals surface area contributed by atoms with E-state index in [-0.39, 0.29) is 5.91 Å². The van der Waals surface area contributed by atoms with Gasteiger partial charge in [0.2, 0.25) is 5.91 Å². The zero-order valence-corrected chi connectivity index (χ0v) is 15.3. The van der Waals surface area contributed by atoms with Crippen molar-refractivity contribution in [3.05, 3.63) is 47.5 Å². The molecule has 0 saturated carbocycles. The van der Waals surface area contributed by atoms with E-state index >= 15 is 0 Å². The van der Waals surface area contributed by atoms with E-state index in [1.54, 1.807) is 32.4 Å². The van der Waals surface area contributed by atoms with Crippen LogP contribution >= 0.6 is 0 Å². The number of nitrogens with one attached hydrogen (secondary N) is 2. The second-order valence-electron chi connectivity index (χ2n) is 5.75. The largest absolute Gasteiger partial charge is 0.497 e. The van der Waals surface area contributed by atoms with Crippen LogP contribution in [0, 0.1) is 6.92 Å². The molecule has 2 rings (SSSR count). The zero-order chi connectivity index (χ0) is 18.2. The highest BCUT2D eigenvalue weighted by atomic mass is 16.5. The van der Waals surface area contributed by atoms with E-state index in [0.29, 0.717) is 30.2 Å². The maximum atomic E-state index is 12.3. The minimum absolute atomic E-state index is 0.0781. The molecule has 0 aliphatic carbocycles. The van der Waals surface area contributed by atoms with Gasteiger partial charge in [0.05, 0.1) is 19.9 Å². The Balaban J connectivity index is 1.96. The van der Waals surface area contributed by atoms with Crippen LogP contribution in [0.25, 0.3) is 0 Å². The Morgan fingerprint density at radius 3 is 2.60 bits per heavy atom. The Kier molecular flexibility index (Phi) is 6.69. The number of anilines is 2. The molecule has 0 atom stereocenters. The van der Waals surface area contributed by atoms with Crippen molar-refractivity contribution in [2.75, 3.05) is 31.4 Å². The Bertz CT molecular complexity index is 729. The summed E-state index contributed by atoms with van der Waals surface area (Å²) < 4.78 is 10.5. The van der Waals surface area contributed by atoms with Gasteiger partial charge in [0.1, 0.15) is 11.5 Å². The molecule has 25 heavy (non-hydrogen) atoms. The number of rotatable bonds is 8. The van der Waals surface area contributed by atoms with Gasteiger partial charge in [-0.1, -0.05) is 25.1 Å². The van der Waals surface area contributed by atoms with Gasteiger partial charge in [-0.15, -0.1) is 0 Å². The fourth-order valence-corrected chi connectivity index (χ4v) is 2.70. The molecular formula is C20H26N2O3. The van der Waals surface area contributed by atoms with E-state index in [2.05, 4.69) is 42.7 Å². The summed E-state index contributed by atoms with van der Waals surface area (Å²) in [7, 11) is 3.16. The first kappa shape index (κ1) is 18.6. The Morgan fingerprint density at radius 1 is 1.12 bits per heavy atom. The van der Waals surface area contributed by atoms with Crippen LogP contribution in [-0.2, 0) is 11.2 Å². The highest BCUT2D eigenvalue weighted by Crippen LogP contribution is 2.29. The molecule has 2 aromatic rings. The average Bonchev–Trinajstić information content (AvgIpc) is 2.62. The van der Waals surface area contributed by atoms with Crippen molar-refractivity contribution < 1.29 is 14.3 Å². The number of para-hydroxylation sites is 1. The van der Waals surface area contributed by atoms with Crippen molar-refractivity contribution in [1.29, 1.82) is 0 Å². The van der Waals surface area contributed by atoms with Crippen LogP contribution in [0.1, 0.15) is 24.5 Å². The van der Waals surface area contributed by atoms with Gasteiger partial charge >= 0.3 is 0 Å². The molecule has 0 radical (unpaired) electrons. The number of hydrogen-bond acceptors (Lipinski definition) is 4. The lowest BCUT2D eigenvalue weighted by atomic mass is 10.1. The monoisotopic (exact) mass is 342 g/mol. The number of methoxy groups -OCH3 is 2. The van der Waals surface area contributed by atoms with Crippen LogP contribution in [0.5, 0.6) is 11.5 Å². The van der Waals surface area contributed by atoms with Gasteiger partial charge in [-0.3, -0.25) is 4.79 Å². The van der Waals surface area contributed by atoms with E-state index in [1.807, 2.05) is 0 Å². The molecule has 0 aliphatic rings. The Morgan fingerprint density at radius 2 is 1.92 bits per heavy atom. The van der Waals surface area contributed by atoms with Crippen molar-refractivity contribution in [3.63, 3.8) is 0 Å². The van der Waals surface area contributed by atoms with E-state index in [0.717, 1.165) is 12.1 Å². The zero-order valence-electron chi connectivity index (χ0n) is 15.3. The molecule has 0 aliphatic heterocycles. The van der Waals surface area contributed by atoms with Crippen LogP contribution in [0.2, 0.25) is 0 Å². The predicted molar refractivity (Wildman–Crippen MR) is 102 cm³/mol. The maximum absolute atomic E-state index is 12.3. The molecule has 0 saturated heterocycles. The normalized spacial score (nSPS) is 10.2. The Hall–Kier alpha value is -2.69. The molecule has 0 heterocycles. The molecule has 0 aromatic heterocycles. The maximum Gasteiger partial charge on any atom is 0.226 e. The average molecular weight is 342 g/mol. The van der Waals surface area contributed by atoms with E-state index in [1.165, 1.54) is 11.1 Å². The van der Waals surface area contributed by atoms with Crippen molar-refractivity contribution in [1.82, 2.24) is 0 Å². The van der Waals surface area contributed by atoms with E-state index in [4.69, 9.17) is 9.47 Å². The quantitative estimate of drug-likeness (QED) is 0.761. The molecule has 0 fully saturated rings. The summed E-state index contributed by atoms with van der Waals surface area (Å²) in [6, 6.07) is 11.6. The van der Waals surface area contributed by atoms with Crippen LogP contribution in [-0.4, -0.2) is 26.7 Å². The lowest BCUT2D eigenvalue weighted by Crippen LogP contribution is -2.17. The van der Waals surface area contributed by atoms with Gasteiger partial charge in [-0.2, -0.15) is 0 Å². The van der Waals surface area contributed by atoms with Gasteiger partial charge in [0.15, 0.2) is 0 Å². The predicted octanol–water partition coefficient (Wildman–Crippen LogP) is 4.02. The molecule has 0 bridgehead atoms. The molecular weight excluding hydrogens is 316 g/mol.